The molecule has 0 radical (unpaired) electrons. The van der Waals surface area contributed by atoms with E-state index in [1.807, 2.05) is 0 Å². The summed E-state index contributed by atoms with van der Waals surface area (Å²) in [7, 11) is 0. The summed E-state index contributed by atoms with van der Waals surface area (Å²) in [6, 6.07) is 11.3. The van der Waals surface area contributed by atoms with E-state index in [-0.39, 0.29) is 11.5 Å². The van der Waals surface area contributed by atoms with Crippen LogP contribution in [0.5, 0.6) is 0 Å². The van der Waals surface area contributed by atoms with Crippen LogP contribution < -0.4 is 5.01 Å². The van der Waals surface area contributed by atoms with E-state index in [0.29, 0.717) is 5.69 Å². The van der Waals surface area contributed by atoms with Gasteiger partial charge in [-0.15, -0.1) is 0 Å². The molecule has 0 saturated heterocycles. The van der Waals surface area contributed by atoms with Crippen molar-refractivity contribution in [2.24, 2.45) is 5.10 Å². The Morgan fingerprint density at radius 2 is 2.04 bits per heavy atom. The highest BCUT2D eigenvalue weighted by molar-refractivity contribution is 6.22. The first kappa shape index (κ1) is 15.9. The Balaban J connectivity index is 2.03. The highest BCUT2D eigenvalue weighted by Crippen LogP contribution is 2.40. The normalized spacial score (nSPS) is 21.7. The fourth-order valence-corrected chi connectivity index (χ4v) is 2.77. The minimum Gasteiger partial charge on any atom is -0.469 e. The van der Waals surface area contributed by atoms with Crippen LogP contribution in [0.15, 0.2) is 58.2 Å². The summed E-state index contributed by atoms with van der Waals surface area (Å²) >= 11 is 0. The number of nitro groups is 1. The molecule has 2 heterocycles. The van der Waals surface area contributed by atoms with E-state index in [2.05, 4.69) is 5.10 Å². The minimum atomic E-state index is -2.64. The molecular formula is C16H14FN3O4. The molecule has 1 amide bonds. The first-order chi connectivity index (χ1) is 11.4. The molecule has 0 spiro atoms. The van der Waals surface area contributed by atoms with Gasteiger partial charge in [0.2, 0.25) is 12.2 Å². The van der Waals surface area contributed by atoms with E-state index in [4.69, 9.17) is 4.42 Å². The van der Waals surface area contributed by atoms with Gasteiger partial charge in [0.05, 0.1) is 17.7 Å². The van der Waals surface area contributed by atoms with Crippen LogP contribution in [0.25, 0.3) is 0 Å². The van der Waals surface area contributed by atoms with Gasteiger partial charge in [0.15, 0.2) is 0 Å². The number of carbonyl (C=O) groups is 1. The fourth-order valence-electron chi connectivity index (χ4n) is 2.77. The second kappa shape index (κ2) is 5.88. The van der Waals surface area contributed by atoms with Crippen LogP contribution in [0, 0.1) is 10.1 Å². The van der Waals surface area contributed by atoms with Crippen LogP contribution in [-0.2, 0) is 4.79 Å². The maximum atomic E-state index is 15.7. The van der Waals surface area contributed by atoms with Crippen molar-refractivity contribution in [2.75, 3.05) is 11.6 Å². The minimum absolute atomic E-state index is 0.0343. The lowest BCUT2D eigenvalue weighted by molar-refractivity contribution is -0.485. The molecule has 3 rings (SSSR count). The molecule has 0 aliphatic carbocycles. The molecule has 0 bridgehead atoms. The van der Waals surface area contributed by atoms with Crippen LogP contribution in [0.4, 0.5) is 10.1 Å². The lowest BCUT2D eigenvalue weighted by Gasteiger charge is -2.25. The average molecular weight is 331 g/mol. The Kier molecular flexibility index (Phi) is 3.88. The van der Waals surface area contributed by atoms with Gasteiger partial charge in [-0.25, -0.2) is 4.39 Å². The van der Waals surface area contributed by atoms with Crippen molar-refractivity contribution in [3.8, 4) is 0 Å². The van der Waals surface area contributed by atoms with E-state index >= 15 is 4.39 Å². The zero-order valence-corrected chi connectivity index (χ0v) is 12.8. The maximum absolute atomic E-state index is 15.7. The van der Waals surface area contributed by atoms with Crippen LogP contribution in [0.3, 0.4) is 0 Å². The smallest absolute Gasteiger partial charge is 0.292 e. The third-order valence-electron chi connectivity index (χ3n) is 3.98. The Morgan fingerprint density at radius 1 is 1.33 bits per heavy atom. The van der Waals surface area contributed by atoms with Crippen molar-refractivity contribution in [1.29, 1.82) is 0 Å². The number of amides is 1. The van der Waals surface area contributed by atoms with Gasteiger partial charge in [0, 0.05) is 4.92 Å². The molecule has 0 saturated carbocycles. The Morgan fingerprint density at radius 3 is 2.62 bits per heavy atom. The summed E-state index contributed by atoms with van der Waals surface area (Å²) in [5.41, 5.74) is -2.39. The molecule has 8 heteroatoms. The summed E-state index contributed by atoms with van der Waals surface area (Å²) in [5.74, 6) is -2.33. The monoisotopic (exact) mass is 331 g/mol. The van der Waals surface area contributed by atoms with E-state index in [9.17, 15) is 14.9 Å². The third-order valence-corrected chi connectivity index (χ3v) is 3.98. The average Bonchev–Trinajstić information content (AvgIpc) is 3.17. The second-order valence-electron chi connectivity index (χ2n) is 5.43. The van der Waals surface area contributed by atoms with Gasteiger partial charge in [0.25, 0.3) is 5.91 Å². The van der Waals surface area contributed by atoms with Crippen LogP contribution in [0.2, 0.25) is 0 Å². The number of alkyl halides is 1. The van der Waals surface area contributed by atoms with Gasteiger partial charge in [-0.05, 0) is 31.2 Å². The fraction of sp³-hybridized carbons (Fsp3) is 0.250. The molecule has 1 aliphatic rings. The molecule has 7 nitrogen and oxygen atoms in total. The van der Waals surface area contributed by atoms with Crippen LogP contribution in [0.1, 0.15) is 18.6 Å². The summed E-state index contributed by atoms with van der Waals surface area (Å²) in [6.07, 6.45) is 1.28. The molecule has 124 valence electrons. The summed E-state index contributed by atoms with van der Waals surface area (Å²) < 4.78 is 20.9. The SMILES string of the molecule is CC1=NN(c2ccccc2)C(=O)[C@]1(F)[C@@H](C[N+](=O)[O-])c1ccco1. The first-order valence-corrected chi connectivity index (χ1v) is 7.24. The number of nitrogens with zero attached hydrogens (tertiary/aromatic N) is 3. The van der Waals surface area contributed by atoms with Crippen molar-refractivity contribution < 1.29 is 18.5 Å². The number of hydrazone groups is 1. The van der Waals surface area contributed by atoms with Crippen molar-refractivity contribution in [1.82, 2.24) is 0 Å². The van der Waals surface area contributed by atoms with E-state index in [0.717, 1.165) is 5.01 Å². The number of benzene rings is 1. The molecule has 1 aromatic carbocycles. The van der Waals surface area contributed by atoms with Crippen molar-refractivity contribution >= 4 is 17.3 Å². The summed E-state index contributed by atoms with van der Waals surface area (Å²) in [4.78, 5) is 23.1. The molecule has 0 N–H and O–H groups in total. The van der Waals surface area contributed by atoms with Gasteiger partial charge < -0.3 is 4.42 Å². The maximum Gasteiger partial charge on any atom is 0.292 e. The third kappa shape index (κ3) is 2.45. The molecule has 24 heavy (non-hydrogen) atoms. The predicted octanol–water partition coefficient (Wildman–Crippen LogP) is 2.77. The number of halogens is 1. The standard InChI is InChI=1S/C16H14FN3O4/c1-11-16(17,13(10-19(22)23)14-8-5-9-24-14)15(21)20(18-11)12-6-3-2-4-7-12/h2-9,13H,10H2,1H3/t13-,16+/m0/s1. The van der Waals surface area contributed by atoms with Crippen LogP contribution >= 0.6 is 0 Å². The van der Waals surface area contributed by atoms with E-state index in [1.54, 1.807) is 30.3 Å². The first-order valence-electron chi connectivity index (χ1n) is 7.24. The number of hydrogen-bond acceptors (Lipinski definition) is 5. The van der Waals surface area contributed by atoms with Gasteiger partial charge in [-0.3, -0.25) is 14.9 Å². The van der Waals surface area contributed by atoms with Crippen molar-refractivity contribution in [2.45, 2.75) is 18.5 Å². The molecular weight excluding hydrogens is 317 g/mol. The van der Waals surface area contributed by atoms with Crippen molar-refractivity contribution in [3.05, 3.63) is 64.6 Å². The molecule has 0 fully saturated rings. The van der Waals surface area contributed by atoms with Gasteiger partial charge in [-0.2, -0.15) is 10.1 Å². The highest BCUT2D eigenvalue weighted by Gasteiger charge is 2.59. The van der Waals surface area contributed by atoms with E-state index < -0.39 is 29.0 Å². The lowest BCUT2D eigenvalue weighted by atomic mass is 9.83. The molecule has 2 atom stereocenters. The Hall–Kier alpha value is -3.03. The molecule has 1 aliphatic heterocycles. The van der Waals surface area contributed by atoms with Gasteiger partial charge in [-0.1, -0.05) is 18.2 Å². The Bertz CT molecular complexity index is 791. The summed E-state index contributed by atoms with van der Waals surface area (Å²) in [5, 5.41) is 15.9. The Labute approximate surface area is 136 Å². The lowest BCUT2D eigenvalue weighted by Crippen LogP contribution is -2.48. The number of para-hydroxylation sites is 1. The largest absolute Gasteiger partial charge is 0.469 e. The second-order valence-corrected chi connectivity index (χ2v) is 5.43. The number of carbonyl (C=O) groups excluding carboxylic acids is 1. The van der Waals surface area contributed by atoms with Gasteiger partial charge >= 0.3 is 0 Å². The highest BCUT2D eigenvalue weighted by atomic mass is 19.1. The zero-order chi connectivity index (χ0) is 17.3. The number of hydrogen-bond donors (Lipinski definition) is 0. The van der Waals surface area contributed by atoms with Crippen LogP contribution in [-0.4, -0.2) is 28.8 Å². The van der Waals surface area contributed by atoms with E-state index in [1.165, 1.54) is 25.3 Å². The number of anilines is 1. The summed E-state index contributed by atoms with van der Waals surface area (Å²) in [6.45, 7) is 0.558. The zero-order valence-electron chi connectivity index (χ0n) is 12.8. The van der Waals surface area contributed by atoms with Crippen molar-refractivity contribution in [3.63, 3.8) is 0 Å². The molecule has 0 unspecified atom stereocenters. The molecule has 1 aromatic heterocycles. The predicted molar refractivity (Wildman–Crippen MR) is 84.2 cm³/mol. The quantitative estimate of drug-likeness (QED) is 0.622. The number of rotatable bonds is 5. The molecule has 2 aromatic rings. The number of furan rings is 1. The van der Waals surface area contributed by atoms with Gasteiger partial charge in [0.1, 0.15) is 11.7 Å². The topological polar surface area (TPSA) is 89.0 Å².